The number of Topliss-reactive ketones (excluding diaryl/α,β-unsaturated/α-hetero) is 2. The SMILES string of the molecule is CC1CCCC(C2C(=O)CC(C)(C)CC2=O)N1. The van der Waals surface area contributed by atoms with Gasteiger partial charge in [0.1, 0.15) is 11.6 Å². The van der Waals surface area contributed by atoms with Gasteiger partial charge < -0.3 is 5.32 Å². The molecule has 1 saturated heterocycles. The highest BCUT2D eigenvalue weighted by atomic mass is 16.2. The lowest BCUT2D eigenvalue weighted by atomic mass is 9.68. The molecule has 1 heterocycles. The third kappa shape index (κ3) is 2.76. The lowest BCUT2D eigenvalue weighted by Crippen LogP contribution is -2.53. The maximum Gasteiger partial charge on any atom is 0.145 e. The molecule has 1 aliphatic carbocycles. The second kappa shape index (κ2) is 4.52. The summed E-state index contributed by atoms with van der Waals surface area (Å²) in [5.41, 5.74) is -0.134. The van der Waals surface area contributed by atoms with Crippen molar-refractivity contribution in [3.8, 4) is 0 Å². The Kier molecular flexibility index (Phi) is 3.39. The van der Waals surface area contributed by atoms with Crippen LogP contribution in [0.25, 0.3) is 0 Å². The number of nitrogens with one attached hydrogen (secondary N) is 1. The van der Waals surface area contributed by atoms with Crippen molar-refractivity contribution in [3.05, 3.63) is 0 Å². The smallest absolute Gasteiger partial charge is 0.145 e. The van der Waals surface area contributed by atoms with Crippen molar-refractivity contribution in [3.63, 3.8) is 0 Å². The van der Waals surface area contributed by atoms with E-state index in [0.29, 0.717) is 18.9 Å². The van der Waals surface area contributed by atoms with E-state index >= 15 is 0 Å². The highest BCUT2D eigenvalue weighted by Gasteiger charge is 2.43. The first-order valence-electron chi connectivity index (χ1n) is 6.70. The van der Waals surface area contributed by atoms with Crippen molar-refractivity contribution in [2.75, 3.05) is 0 Å². The number of carbonyl (C=O) groups is 2. The van der Waals surface area contributed by atoms with Crippen molar-refractivity contribution in [2.24, 2.45) is 11.3 Å². The summed E-state index contributed by atoms with van der Waals surface area (Å²) in [6.07, 6.45) is 4.34. The first-order chi connectivity index (χ1) is 7.89. The Morgan fingerprint density at radius 1 is 1.12 bits per heavy atom. The van der Waals surface area contributed by atoms with Crippen LogP contribution in [-0.2, 0) is 9.59 Å². The molecule has 0 radical (unpaired) electrons. The minimum Gasteiger partial charge on any atom is -0.310 e. The largest absolute Gasteiger partial charge is 0.310 e. The zero-order valence-electron chi connectivity index (χ0n) is 11.1. The Labute approximate surface area is 103 Å². The summed E-state index contributed by atoms with van der Waals surface area (Å²) in [4.78, 5) is 24.3. The van der Waals surface area contributed by atoms with E-state index in [2.05, 4.69) is 12.2 Å². The van der Waals surface area contributed by atoms with Crippen molar-refractivity contribution < 1.29 is 9.59 Å². The Bertz CT molecular complexity index is 315. The minimum atomic E-state index is -0.370. The fourth-order valence-corrected chi connectivity index (χ4v) is 3.29. The summed E-state index contributed by atoms with van der Waals surface area (Å²) < 4.78 is 0. The fraction of sp³-hybridized carbons (Fsp3) is 0.857. The number of carbonyl (C=O) groups excluding carboxylic acids is 2. The predicted molar refractivity (Wildman–Crippen MR) is 66.8 cm³/mol. The number of piperidine rings is 1. The summed E-state index contributed by atoms with van der Waals surface area (Å²) in [6.45, 7) is 6.15. The van der Waals surface area contributed by atoms with Gasteiger partial charge in [-0.15, -0.1) is 0 Å². The molecule has 0 aromatic carbocycles. The highest BCUT2D eigenvalue weighted by Crippen LogP contribution is 2.36. The van der Waals surface area contributed by atoms with Gasteiger partial charge in [-0.1, -0.05) is 20.3 Å². The summed E-state index contributed by atoms with van der Waals surface area (Å²) >= 11 is 0. The molecule has 2 rings (SSSR count). The van der Waals surface area contributed by atoms with Gasteiger partial charge >= 0.3 is 0 Å². The van der Waals surface area contributed by atoms with Crippen LogP contribution < -0.4 is 5.32 Å². The highest BCUT2D eigenvalue weighted by molar-refractivity contribution is 6.05. The number of rotatable bonds is 1. The molecule has 1 N–H and O–H groups in total. The van der Waals surface area contributed by atoms with Crippen molar-refractivity contribution in [1.82, 2.24) is 5.32 Å². The molecule has 2 aliphatic rings. The van der Waals surface area contributed by atoms with E-state index in [1.165, 1.54) is 0 Å². The van der Waals surface area contributed by atoms with Gasteiger partial charge in [-0.05, 0) is 25.2 Å². The van der Waals surface area contributed by atoms with E-state index in [-0.39, 0.29) is 28.9 Å². The lowest BCUT2D eigenvalue weighted by molar-refractivity contribution is -0.141. The molecule has 0 spiro atoms. The van der Waals surface area contributed by atoms with Crippen molar-refractivity contribution in [1.29, 1.82) is 0 Å². The molecule has 2 fully saturated rings. The second-order valence-electron chi connectivity index (χ2n) is 6.53. The van der Waals surface area contributed by atoms with E-state index in [9.17, 15) is 9.59 Å². The summed E-state index contributed by atoms with van der Waals surface area (Å²) in [5.74, 6) is -0.0681. The molecular weight excluding hydrogens is 214 g/mol. The van der Waals surface area contributed by atoms with Crippen LogP contribution >= 0.6 is 0 Å². The van der Waals surface area contributed by atoms with Crippen LogP contribution in [0.4, 0.5) is 0 Å². The maximum atomic E-state index is 12.2. The lowest BCUT2D eigenvalue weighted by Gasteiger charge is -2.39. The Balaban J connectivity index is 2.10. The van der Waals surface area contributed by atoms with Crippen LogP contribution in [0.2, 0.25) is 0 Å². The average Bonchev–Trinajstić information content (AvgIpc) is 2.13. The van der Waals surface area contributed by atoms with Gasteiger partial charge in [-0.25, -0.2) is 0 Å². The van der Waals surface area contributed by atoms with E-state index in [0.717, 1.165) is 19.3 Å². The quantitative estimate of drug-likeness (QED) is 0.710. The number of hydrogen-bond acceptors (Lipinski definition) is 3. The Hall–Kier alpha value is -0.700. The Morgan fingerprint density at radius 2 is 1.71 bits per heavy atom. The molecule has 0 aromatic rings. The van der Waals surface area contributed by atoms with Gasteiger partial charge in [-0.2, -0.15) is 0 Å². The summed E-state index contributed by atoms with van der Waals surface area (Å²) in [5, 5.41) is 3.43. The molecule has 3 nitrogen and oxygen atoms in total. The molecule has 2 unspecified atom stereocenters. The summed E-state index contributed by atoms with van der Waals surface area (Å²) in [6, 6.07) is 0.527. The van der Waals surface area contributed by atoms with Crippen LogP contribution in [0.1, 0.15) is 52.9 Å². The molecule has 0 aromatic heterocycles. The molecule has 3 heteroatoms. The topological polar surface area (TPSA) is 46.2 Å². The minimum absolute atomic E-state index is 0.0925. The first-order valence-corrected chi connectivity index (χ1v) is 6.70. The monoisotopic (exact) mass is 237 g/mol. The van der Waals surface area contributed by atoms with E-state index in [4.69, 9.17) is 0 Å². The van der Waals surface area contributed by atoms with Gasteiger partial charge in [0.15, 0.2) is 0 Å². The Morgan fingerprint density at radius 3 is 2.24 bits per heavy atom. The molecular formula is C14H23NO2. The van der Waals surface area contributed by atoms with Crippen LogP contribution in [0.3, 0.4) is 0 Å². The van der Waals surface area contributed by atoms with Crippen molar-refractivity contribution >= 4 is 11.6 Å². The van der Waals surface area contributed by atoms with Gasteiger partial charge in [0.25, 0.3) is 0 Å². The molecule has 1 aliphatic heterocycles. The van der Waals surface area contributed by atoms with Gasteiger partial charge in [0.05, 0.1) is 5.92 Å². The van der Waals surface area contributed by atoms with Crippen LogP contribution in [0.5, 0.6) is 0 Å². The van der Waals surface area contributed by atoms with E-state index in [1.54, 1.807) is 0 Å². The van der Waals surface area contributed by atoms with Crippen LogP contribution in [0, 0.1) is 11.3 Å². The van der Waals surface area contributed by atoms with Gasteiger partial charge in [0.2, 0.25) is 0 Å². The normalized spacial score (nSPS) is 35.0. The number of ketones is 2. The molecule has 0 bridgehead atoms. The average molecular weight is 237 g/mol. The second-order valence-corrected chi connectivity index (χ2v) is 6.53. The van der Waals surface area contributed by atoms with Gasteiger partial charge in [0, 0.05) is 24.9 Å². The molecule has 0 amide bonds. The number of hydrogen-bond donors (Lipinski definition) is 1. The third-order valence-corrected chi connectivity index (χ3v) is 4.05. The zero-order valence-corrected chi connectivity index (χ0v) is 11.1. The molecule has 96 valence electrons. The fourth-order valence-electron chi connectivity index (χ4n) is 3.29. The van der Waals surface area contributed by atoms with Gasteiger partial charge in [-0.3, -0.25) is 9.59 Å². The van der Waals surface area contributed by atoms with Crippen LogP contribution in [0.15, 0.2) is 0 Å². The first kappa shape index (κ1) is 12.7. The van der Waals surface area contributed by atoms with Crippen LogP contribution in [-0.4, -0.2) is 23.7 Å². The summed E-state index contributed by atoms with van der Waals surface area (Å²) in [7, 11) is 0. The predicted octanol–water partition coefficient (Wildman–Crippen LogP) is 2.09. The molecule has 2 atom stereocenters. The maximum absolute atomic E-state index is 12.2. The van der Waals surface area contributed by atoms with Crippen molar-refractivity contribution in [2.45, 2.75) is 65.0 Å². The molecule has 1 saturated carbocycles. The zero-order chi connectivity index (χ0) is 12.6. The standard InChI is InChI=1S/C14H23NO2/c1-9-5-4-6-10(15-9)13-11(16)7-14(2,3)8-12(13)17/h9-10,13,15H,4-8H2,1-3H3. The van der Waals surface area contributed by atoms with E-state index < -0.39 is 0 Å². The third-order valence-electron chi connectivity index (χ3n) is 4.05. The molecule has 17 heavy (non-hydrogen) atoms. The van der Waals surface area contributed by atoms with E-state index in [1.807, 2.05) is 13.8 Å².